The first-order valence-electron chi connectivity index (χ1n) is 11.0. The van der Waals surface area contributed by atoms with E-state index in [9.17, 15) is 9.59 Å². The predicted octanol–water partition coefficient (Wildman–Crippen LogP) is 4.61. The number of hydrogen-bond donors (Lipinski definition) is 0. The van der Waals surface area contributed by atoms with E-state index in [1.807, 2.05) is 37.3 Å². The van der Waals surface area contributed by atoms with E-state index >= 15 is 0 Å². The first-order valence-corrected chi connectivity index (χ1v) is 11.8. The Kier molecular flexibility index (Phi) is 5.19. The van der Waals surface area contributed by atoms with Crippen molar-refractivity contribution < 1.29 is 4.79 Å². The third kappa shape index (κ3) is 3.37. The van der Waals surface area contributed by atoms with Crippen molar-refractivity contribution in [3.63, 3.8) is 0 Å². The Labute approximate surface area is 180 Å². The van der Waals surface area contributed by atoms with Crippen LogP contribution in [-0.4, -0.2) is 32.9 Å². The van der Waals surface area contributed by atoms with Crippen LogP contribution in [0.3, 0.4) is 0 Å². The number of benzene rings is 1. The molecule has 1 saturated carbocycles. The largest absolute Gasteiger partial charge is 0.338 e. The molecule has 2 aromatic heterocycles. The zero-order chi connectivity index (χ0) is 20.7. The molecular formula is C24H27N3O2S. The van der Waals surface area contributed by atoms with E-state index in [1.165, 1.54) is 41.6 Å². The molecule has 2 fully saturated rings. The third-order valence-corrected chi connectivity index (χ3v) is 7.80. The summed E-state index contributed by atoms with van der Waals surface area (Å²) in [6.45, 7) is 2.92. The van der Waals surface area contributed by atoms with Crippen LogP contribution in [0.5, 0.6) is 0 Å². The summed E-state index contributed by atoms with van der Waals surface area (Å²) in [7, 11) is 0. The Morgan fingerprint density at radius 2 is 1.90 bits per heavy atom. The van der Waals surface area contributed by atoms with E-state index in [-0.39, 0.29) is 18.0 Å². The molecule has 30 heavy (non-hydrogen) atoms. The normalized spacial score (nSPS) is 21.6. The van der Waals surface area contributed by atoms with Crippen molar-refractivity contribution in [1.82, 2.24) is 14.5 Å². The fourth-order valence-corrected chi connectivity index (χ4v) is 6.38. The number of hydrogen-bond acceptors (Lipinski definition) is 4. The minimum Gasteiger partial charge on any atom is -0.338 e. The first-order chi connectivity index (χ1) is 14.6. The molecule has 0 N–H and O–H groups in total. The van der Waals surface area contributed by atoms with Crippen molar-refractivity contribution in [2.75, 3.05) is 6.54 Å². The van der Waals surface area contributed by atoms with Crippen LogP contribution in [0.4, 0.5) is 0 Å². The van der Waals surface area contributed by atoms with Crippen molar-refractivity contribution in [2.45, 2.75) is 58.0 Å². The summed E-state index contributed by atoms with van der Waals surface area (Å²) >= 11 is 1.54. The number of aryl methyl sites for hydroxylation is 1. The lowest BCUT2D eigenvalue weighted by Crippen LogP contribution is -2.51. The second kappa shape index (κ2) is 7.99. The summed E-state index contributed by atoms with van der Waals surface area (Å²) in [5.74, 6) is 0.695. The Bertz CT molecular complexity index is 1130. The molecule has 2 atom stereocenters. The summed E-state index contributed by atoms with van der Waals surface area (Å²) in [4.78, 5) is 35.0. The summed E-state index contributed by atoms with van der Waals surface area (Å²) in [5, 5.41) is 0.633. The Balaban J connectivity index is 1.49. The van der Waals surface area contributed by atoms with Gasteiger partial charge in [-0.15, -0.1) is 11.3 Å². The van der Waals surface area contributed by atoms with Crippen LogP contribution in [-0.2, 0) is 11.3 Å². The summed E-state index contributed by atoms with van der Waals surface area (Å²) in [6.07, 6.45) is 8.67. The Morgan fingerprint density at radius 1 is 1.13 bits per heavy atom. The molecule has 5 rings (SSSR count). The fraction of sp³-hybridized carbons (Fsp3) is 0.458. The van der Waals surface area contributed by atoms with Crippen LogP contribution < -0.4 is 5.56 Å². The van der Waals surface area contributed by atoms with Crippen molar-refractivity contribution in [3.8, 4) is 11.1 Å². The zero-order valence-electron chi connectivity index (χ0n) is 17.3. The molecule has 3 aromatic rings. The Morgan fingerprint density at radius 3 is 2.73 bits per heavy atom. The van der Waals surface area contributed by atoms with E-state index in [2.05, 4.69) is 9.88 Å². The van der Waals surface area contributed by atoms with Gasteiger partial charge in [0.15, 0.2) is 0 Å². The highest BCUT2D eigenvalue weighted by Crippen LogP contribution is 2.36. The van der Waals surface area contributed by atoms with E-state index in [1.54, 1.807) is 6.33 Å². The number of rotatable bonds is 3. The maximum Gasteiger partial charge on any atom is 0.263 e. The first kappa shape index (κ1) is 19.5. The molecule has 2 aliphatic rings. The quantitative estimate of drug-likeness (QED) is 0.620. The molecule has 1 aliphatic carbocycles. The molecule has 3 heterocycles. The van der Waals surface area contributed by atoms with Crippen LogP contribution in [0, 0.1) is 12.8 Å². The number of nitrogens with zero attached hydrogens (tertiary/aromatic N) is 3. The predicted molar refractivity (Wildman–Crippen MR) is 121 cm³/mol. The standard InChI is InChI=1S/C24H27N3O2S/c1-16-21(18-9-3-2-4-10-18)22-23(30-16)25-15-26(24(22)29)14-20(28)27-13-7-11-17-8-5-6-12-19(17)27/h2-4,9-10,15,17,19H,5-8,11-14H2,1H3/t17-,19+/m0/s1. The van der Waals surface area contributed by atoms with Gasteiger partial charge in [-0.3, -0.25) is 14.2 Å². The Hall–Kier alpha value is -2.47. The van der Waals surface area contributed by atoms with Crippen molar-refractivity contribution >= 4 is 27.5 Å². The summed E-state index contributed by atoms with van der Waals surface area (Å²) in [5.41, 5.74) is 1.85. The van der Waals surface area contributed by atoms with E-state index in [0.29, 0.717) is 17.3 Å². The number of carbonyl (C=O) groups excluding carboxylic acids is 1. The monoisotopic (exact) mass is 421 g/mol. The summed E-state index contributed by atoms with van der Waals surface area (Å²) in [6, 6.07) is 10.3. The molecule has 0 spiro atoms. The number of thiophene rings is 1. The smallest absolute Gasteiger partial charge is 0.263 e. The van der Waals surface area contributed by atoms with E-state index in [4.69, 9.17) is 0 Å². The average molecular weight is 422 g/mol. The highest BCUT2D eigenvalue weighted by molar-refractivity contribution is 7.19. The van der Waals surface area contributed by atoms with Gasteiger partial charge in [-0.05, 0) is 44.1 Å². The van der Waals surface area contributed by atoms with E-state index < -0.39 is 0 Å². The van der Waals surface area contributed by atoms with Crippen LogP contribution in [0.1, 0.15) is 43.4 Å². The number of piperidine rings is 1. The van der Waals surface area contributed by atoms with Gasteiger partial charge in [-0.1, -0.05) is 43.2 Å². The molecule has 156 valence electrons. The van der Waals surface area contributed by atoms with Crippen molar-refractivity contribution in [3.05, 3.63) is 51.9 Å². The number of fused-ring (bicyclic) bond motifs is 2. The lowest BCUT2D eigenvalue weighted by Gasteiger charge is -2.44. The zero-order valence-corrected chi connectivity index (χ0v) is 18.2. The van der Waals surface area contributed by atoms with Crippen LogP contribution >= 0.6 is 11.3 Å². The average Bonchev–Trinajstić information content (AvgIpc) is 3.12. The van der Waals surface area contributed by atoms with Crippen LogP contribution in [0.15, 0.2) is 41.5 Å². The maximum absolute atomic E-state index is 13.4. The molecule has 6 heteroatoms. The van der Waals surface area contributed by atoms with Gasteiger partial charge in [0.25, 0.3) is 5.56 Å². The molecule has 0 bridgehead atoms. The lowest BCUT2D eigenvalue weighted by molar-refractivity contribution is -0.138. The number of amides is 1. The number of likely N-dealkylation sites (tertiary alicyclic amines) is 1. The summed E-state index contributed by atoms with van der Waals surface area (Å²) < 4.78 is 1.51. The fourth-order valence-electron chi connectivity index (χ4n) is 5.37. The highest BCUT2D eigenvalue weighted by Gasteiger charge is 2.35. The van der Waals surface area contributed by atoms with Gasteiger partial charge < -0.3 is 4.90 Å². The molecule has 1 saturated heterocycles. The lowest BCUT2D eigenvalue weighted by atomic mass is 9.78. The molecular weight excluding hydrogens is 394 g/mol. The number of aromatic nitrogens is 2. The molecule has 1 amide bonds. The minimum atomic E-state index is -0.117. The topological polar surface area (TPSA) is 55.2 Å². The third-order valence-electron chi connectivity index (χ3n) is 6.79. The molecule has 0 unspecified atom stereocenters. The molecule has 0 radical (unpaired) electrons. The van der Waals surface area contributed by atoms with Gasteiger partial charge in [0, 0.05) is 23.0 Å². The van der Waals surface area contributed by atoms with Crippen molar-refractivity contribution in [2.24, 2.45) is 5.92 Å². The van der Waals surface area contributed by atoms with Gasteiger partial charge in [-0.2, -0.15) is 0 Å². The van der Waals surface area contributed by atoms with Crippen LogP contribution in [0.25, 0.3) is 21.3 Å². The highest BCUT2D eigenvalue weighted by atomic mass is 32.1. The van der Waals surface area contributed by atoms with Gasteiger partial charge in [0.05, 0.1) is 11.7 Å². The molecule has 1 aliphatic heterocycles. The van der Waals surface area contributed by atoms with Gasteiger partial charge in [-0.25, -0.2) is 4.98 Å². The van der Waals surface area contributed by atoms with Crippen LogP contribution in [0.2, 0.25) is 0 Å². The maximum atomic E-state index is 13.4. The molecule has 1 aromatic carbocycles. The number of carbonyl (C=O) groups is 1. The second-order valence-electron chi connectivity index (χ2n) is 8.60. The van der Waals surface area contributed by atoms with Gasteiger partial charge >= 0.3 is 0 Å². The molecule has 5 nitrogen and oxygen atoms in total. The SMILES string of the molecule is Cc1sc2ncn(CC(=O)N3CCC[C@@H]4CCCC[C@H]43)c(=O)c2c1-c1ccccc1. The van der Waals surface area contributed by atoms with Crippen molar-refractivity contribution in [1.29, 1.82) is 0 Å². The van der Waals surface area contributed by atoms with Gasteiger partial charge in [0.2, 0.25) is 5.91 Å². The van der Waals surface area contributed by atoms with E-state index in [0.717, 1.165) is 40.2 Å². The minimum absolute atomic E-state index is 0.0584. The van der Waals surface area contributed by atoms with Gasteiger partial charge in [0.1, 0.15) is 11.4 Å². The second-order valence-corrected chi connectivity index (χ2v) is 9.80.